The Labute approximate surface area is 127 Å². The van der Waals surface area contributed by atoms with Gasteiger partial charge in [0, 0.05) is 7.05 Å². The van der Waals surface area contributed by atoms with Gasteiger partial charge in [0.2, 0.25) is 0 Å². The van der Waals surface area contributed by atoms with E-state index in [-0.39, 0.29) is 4.21 Å². The molecule has 0 radical (unpaired) electrons. The first kappa shape index (κ1) is 14.8. The van der Waals surface area contributed by atoms with E-state index in [1.165, 1.54) is 37.4 Å². The van der Waals surface area contributed by atoms with E-state index in [0.29, 0.717) is 14.5 Å². The molecule has 1 aromatic carbocycles. The van der Waals surface area contributed by atoms with Crippen LogP contribution in [-0.2, 0) is 10.0 Å². The molecule has 1 heterocycles. The number of hydrogen-bond donors (Lipinski definition) is 0. The fraction of sp³-hybridized carbons (Fsp3) is 0.0909. The maximum absolute atomic E-state index is 12.8. The minimum absolute atomic E-state index is 0.121. The van der Waals surface area contributed by atoms with Crippen LogP contribution >= 0.6 is 38.9 Å². The van der Waals surface area contributed by atoms with Crippen molar-refractivity contribution in [2.75, 3.05) is 11.4 Å². The summed E-state index contributed by atoms with van der Waals surface area (Å²) in [5.41, 5.74) is 0.377. The summed E-state index contributed by atoms with van der Waals surface area (Å²) in [4.78, 5) is 0. The van der Waals surface area contributed by atoms with Crippen molar-refractivity contribution >= 4 is 54.6 Å². The lowest BCUT2D eigenvalue weighted by Gasteiger charge is -2.18. The maximum Gasteiger partial charge on any atom is 0.273 e. The fourth-order valence-corrected chi connectivity index (χ4v) is 5.14. The smallest absolute Gasteiger partial charge is 0.269 e. The quantitative estimate of drug-likeness (QED) is 0.798. The lowest BCUT2D eigenvalue weighted by molar-refractivity contribution is 0.596. The zero-order valence-electron chi connectivity index (χ0n) is 9.60. The first-order chi connectivity index (χ1) is 8.82. The standard InChI is InChI=1S/C11H8BrClFNO2S2/c1-15(8-4-2-7(14)3-5-8)19(16,17)10-6-9(13)11(12)18-10/h2-6H,1H3. The molecule has 19 heavy (non-hydrogen) atoms. The summed E-state index contributed by atoms with van der Waals surface area (Å²) >= 11 is 10.0. The van der Waals surface area contributed by atoms with Crippen molar-refractivity contribution in [2.45, 2.75) is 4.21 Å². The number of nitrogens with zero attached hydrogens (tertiary/aromatic N) is 1. The van der Waals surface area contributed by atoms with E-state index in [9.17, 15) is 12.8 Å². The van der Waals surface area contributed by atoms with Crippen molar-refractivity contribution in [3.8, 4) is 0 Å². The van der Waals surface area contributed by atoms with Gasteiger partial charge in [-0.1, -0.05) is 11.6 Å². The van der Waals surface area contributed by atoms with Crippen molar-refractivity contribution in [1.29, 1.82) is 0 Å². The van der Waals surface area contributed by atoms with Gasteiger partial charge >= 0.3 is 0 Å². The Bertz CT molecular complexity index is 680. The van der Waals surface area contributed by atoms with Crippen LogP contribution in [0.5, 0.6) is 0 Å². The van der Waals surface area contributed by atoms with Gasteiger partial charge in [-0.25, -0.2) is 12.8 Å². The van der Waals surface area contributed by atoms with Crippen LogP contribution in [-0.4, -0.2) is 15.5 Å². The Hall–Kier alpha value is -0.630. The zero-order chi connectivity index (χ0) is 14.2. The summed E-state index contributed by atoms with van der Waals surface area (Å²) in [5.74, 6) is -0.420. The average Bonchev–Trinajstić information content (AvgIpc) is 2.70. The zero-order valence-corrected chi connectivity index (χ0v) is 13.6. The molecule has 0 aliphatic heterocycles. The normalized spacial score (nSPS) is 11.6. The summed E-state index contributed by atoms with van der Waals surface area (Å²) in [5, 5.41) is 0.344. The Morgan fingerprint density at radius 3 is 2.37 bits per heavy atom. The van der Waals surface area contributed by atoms with E-state index < -0.39 is 15.8 Å². The summed E-state index contributed by atoms with van der Waals surface area (Å²) < 4.78 is 39.3. The lowest BCUT2D eigenvalue weighted by Crippen LogP contribution is -2.25. The summed E-state index contributed by atoms with van der Waals surface area (Å²) in [7, 11) is -2.28. The van der Waals surface area contributed by atoms with E-state index in [1.807, 2.05) is 0 Å². The van der Waals surface area contributed by atoms with Crippen LogP contribution in [0.15, 0.2) is 38.3 Å². The van der Waals surface area contributed by atoms with Gasteiger partial charge in [0.05, 0.1) is 14.5 Å². The van der Waals surface area contributed by atoms with Gasteiger partial charge < -0.3 is 0 Å². The second-order valence-corrected chi connectivity index (χ2v) is 8.61. The molecule has 0 unspecified atom stereocenters. The number of sulfonamides is 1. The summed E-state index contributed by atoms with van der Waals surface area (Å²) in [6.45, 7) is 0. The first-order valence-corrected chi connectivity index (χ1v) is 8.44. The van der Waals surface area contributed by atoms with Crippen molar-refractivity contribution in [2.24, 2.45) is 0 Å². The van der Waals surface area contributed by atoms with Crippen LogP contribution in [0.2, 0.25) is 5.02 Å². The minimum atomic E-state index is -3.69. The predicted octanol–water partition coefficient (Wildman–Crippen LogP) is 4.13. The molecular weight excluding hydrogens is 377 g/mol. The van der Waals surface area contributed by atoms with Crippen molar-refractivity contribution in [1.82, 2.24) is 0 Å². The van der Waals surface area contributed by atoms with E-state index >= 15 is 0 Å². The third kappa shape index (κ3) is 2.94. The van der Waals surface area contributed by atoms with E-state index in [0.717, 1.165) is 15.6 Å². The average molecular weight is 385 g/mol. The van der Waals surface area contributed by atoms with Crippen LogP contribution in [0.25, 0.3) is 0 Å². The molecule has 2 rings (SSSR count). The molecular formula is C11H8BrClFNO2S2. The molecule has 0 bridgehead atoms. The predicted molar refractivity (Wildman–Crippen MR) is 79.0 cm³/mol. The second kappa shape index (κ2) is 5.40. The van der Waals surface area contributed by atoms with Gasteiger partial charge in [0.25, 0.3) is 10.0 Å². The van der Waals surface area contributed by atoms with Gasteiger partial charge in [-0.3, -0.25) is 4.31 Å². The molecule has 102 valence electrons. The molecule has 2 aromatic rings. The fourth-order valence-electron chi connectivity index (χ4n) is 1.38. The summed E-state index contributed by atoms with van der Waals surface area (Å²) in [6.07, 6.45) is 0. The van der Waals surface area contributed by atoms with Crippen molar-refractivity contribution in [3.63, 3.8) is 0 Å². The van der Waals surface area contributed by atoms with Gasteiger partial charge in [0.15, 0.2) is 0 Å². The van der Waals surface area contributed by atoms with Crippen LogP contribution in [0.1, 0.15) is 0 Å². The topological polar surface area (TPSA) is 37.4 Å². The molecule has 0 fully saturated rings. The second-order valence-electron chi connectivity index (χ2n) is 3.64. The van der Waals surface area contributed by atoms with Crippen LogP contribution in [0.3, 0.4) is 0 Å². The lowest BCUT2D eigenvalue weighted by atomic mass is 10.3. The van der Waals surface area contributed by atoms with Gasteiger partial charge in [-0.15, -0.1) is 11.3 Å². The monoisotopic (exact) mass is 383 g/mol. The first-order valence-electron chi connectivity index (χ1n) is 5.01. The molecule has 0 N–H and O–H groups in total. The van der Waals surface area contributed by atoms with Gasteiger partial charge in [-0.05, 0) is 46.3 Å². The number of rotatable bonds is 3. The number of thiophene rings is 1. The molecule has 0 saturated carbocycles. The van der Waals surface area contributed by atoms with Crippen LogP contribution in [0.4, 0.5) is 10.1 Å². The highest BCUT2D eigenvalue weighted by Gasteiger charge is 2.24. The highest BCUT2D eigenvalue weighted by atomic mass is 79.9. The third-order valence-electron chi connectivity index (χ3n) is 2.43. The largest absolute Gasteiger partial charge is 0.273 e. The highest BCUT2D eigenvalue weighted by molar-refractivity contribution is 9.11. The van der Waals surface area contributed by atoms with Crippen molar-refractivity contribution in [3.05, 3.63) is 45.0 Å². The number of hydrogen-bond acceptors (Lipinski definition) is 3. The Kier molecular flexibility index (Phi) is 4.20. The van der Waals surface area contributed by atoms with Crippen LogP contribution in [0, 0.1) is 5.82 Å². The molecule has 0 saturated heterocycles. The molecule has 0 aliphatic rings. The molecule has 1 aromatic heterocycles. The SMILES string of the molecule is CN(c1ccc(F)cc1)S(=O)(=O)c1cc(Cl)c(Br)s1. The Balaban J connectivity index is 2.41. The number of benzene rings is 1. The van der Waals surface area contributed by atoms with Crippen LogP contribution < -0.4 is 4.31 Å². The molecule has 0 amide bonds. The van der Waals surface area contributed by atoms with Crippen molar-refractivity contribution < 1.29 is 12.8 Å². The van der Waals surface area contributed by atoms with E-state index in [1.54, 1.807) is 0 Å². The number of halogens is 3. The van der Waals surface area contributed by atoms with E-state index in [2.05, 4.69) is 15.9 Å². The molecule has 8 heteroatoms. The van der Waals surface area contributed by atoms with Gasteiger partial charge in [0.1, 0.15) is 10.0 Å². The van der Waals surface area contributed by atoms with E-state index in [4.69, 9.17) is 11.6 Å². The number of anilines is 1. The Morgan fingerprint density at radius 1 is 1.32 bits per heavy atom. The molecule has 0 atom stereocenters. The molecule has 3 nitrogen and oxygen atoms in total. The third-order valence-corrected chi connectivity index (χ3v) is 7.14. The maximum atomic E-state index is 12.8. The molecule has 0 spiro atoms. The minimum Gasteiger partial charge on any atom is -0.269 e. The highest BCUT2D eigenvalue weighted by Crippen LogP contribution is 2.36. The summed E-state index contributed by atoms with van der Waals surface area (Å²) in [6, 6.07) is 6.59. The Morgan fingerprint density at radius 2 is 1.89 bits per heavy atom. The molecule has 0 aliphatic carbocycles. The van der Waals surface area contributed by atoms with Gasteiger partial charge in [-0.2, -0.15) is 0 Å².